The molecule has 2 aliphatic rings. The second-order valence-corrected chi connectivity index (χ2v) is 8.60. The molecule has 172 valence electrons. The minimum absolute atomic E-state index is 0.127. The van der Waals surface area contributed by atoms with Crippen LogP contribution < -0.4 is 10.2 Å². The Morgan fingerprint density at radius 3 is 2.21 bits per heavy atom. The highest BCUT2D eigenvalue weighted by Gasteiger charge is 2.39. The summed E-state index contributed by atoms with van der Waals surface area (Å²) < 4.78 is 0. The van der Waals surface area contributed by atoms with Crippen molar-refractivity contribution in [1.82, 2.24) is 14.8 Å². The number of benzene rings is 2. The van der Waals surface area contributed by atoms with Crippen molar-refractivity contribution in [3.05, 3.63) is 95.9 Å². The number of hydrogen-bond donors (Lipinski definition) is 1. The molecule has 0 radical (unpaired) electrons. The Morgan fingerprint density at radius 1 is 0.824 bits per heavy atom. The quantitative estimate of drug-likeness (QED) is 0.578. The zero-order valence-electron chi connectivity index (χ0n) is 19.1. The van der Waals surface area contributed by atoms with Crippen molar-refractivity contribution in [2.45, 2.75) is 6.54 Å². The maximum absolute atomic E-state index is 13.4. The molecule has 0 atom stereocenters. The molecule has 0 aliphatic carbocycles. The molecular weight excluding hydrogens is 426 g/mol. The van der Waals surface area contributed by atoms with Gasteiger partial charge in [0.25, 0.3) is 11.8 Å². The molecule has 1 aromatic heterocycles. The zero-order valence-corrected chi connectivity index (χ0v) is 19.1. The lowest BCUT2D eigenvalue weighted by Crippen LogP contribution is -2.44. The van der Waals surface area contributed by atoms with Gasteiger partial charge in [0.15, 0.2) is 0 Å². The first-order valence-electron chi connectivity index (χ1n) is 11.5. The number of aromatic nitrogens is 1. The van der Waals surface area contributed by atoms with Crippen LogP contribution >= 0.6 is 0 Å². The Bertz CT molecular complexity index is 1200. The fourth-order valence-corrected chi connectivity index (χ4v) is 4.33. The van der Waals surface area contributed by atoms with E-state index in [2.05, 4.69) is 39.3 Å². The number of piperazine rings is 1. The lowest BCUT2D eigenvalue weighted by Gasteiger charge is -2.34. The Balaban J connectivity index is 1.42. The predicted octanol–water partition coefficient (Wildman–Crippen LogP) is 3.23. The summed E-state index contributed by atoms with van der Waals surface area (Å²) in [6.07, 6.45) is 1.66. The molecule has 3 heterocycles. The smallest absolute Gasteiger partial charge is 0.278 e. The summed E-state index contributed by atoms with van der Waals surface area (Å²) in [7, 11) is 2.14. The van der Waals surface area contributed by atoms with E-state index in [0.29, 0.717) is 22.5 Å². The van der Waals surface area contributed by atoms with Crippen LogP contribution in [0.5, 0.6) is 0 Å². The number of carbonyl (C=O) groups excluding carboxylic acids is 2. The van der Waals surface area contributed by atoms with Crippen molar-refractivity contribution in [2.24, 2.45) is 0 Å². The van der Waals surface area contributed by atoms with Crippen LogP contribution in [0.25, 0.3) is 5.57 Å². The van der Waals surface area contributed by atoms with Crippen LogP contribution in [0, 0.1) is 0 Å². The van der Waals surface area contributed by atoms with Crippen molar-refractivity contribution in [3.63, 3.8) is 0 Å². The van der Waals surface area contributed by atoms with Crippen LogP contribution in [-0.4, -0.2) is 59.8 Å². The number of hydrogen-bond acceptors (Lipinski definition) is 6. The van der Waals surface area contributed by atoms with Gasteiger partial charge in [-0.05, 0) is 49.0 Å². The molecule has 2 aliphatic heterocycles. The van der Waals surface area contributed by atoms with Gasteiger partial charge in [0, 0.05) is 43.8 Å². The van der Waals surface area contributed by atoms with E-state index < -0.39 is 0 Å². The molecule has 1 saturated heterocycles. The van der Waals surface area contributed by atoms with Gasteiger partial charge < -0.3 is 15.1 Å². The third-order valence-corrected chi connectivity index (χ3v) is 6.28. The Hall–Kier alpha value is -3.97. The number of amides is 2. The van der Waals surface area contributed by atoms with Crippen LogP contribution in [0.4, 0.5) is 11.4 Å². The van der Waals surface area contributed by atoms with Crippen LogP contribution in [0.15, 0.2) is 84.7 Å². The highest BCUT2D eigenvalue weighted by atomic mass is 16.2. The average molecular weight is 454 g/mol. The molecule has 5 rings (SSSR count). The summed E-state index contributed by atoms with van der Waals surface area (Å²) in [5.74, 6) is -0.670. The summed E-state index contributed by atoms with van der Waals surface area (Å²) >= 11 is 0. The lowest BCUT2D eigenvalue weighted by molar-refractivity contribution is -0.137. The molecule has 0 saturated carbocycles. The maximum atomic E-state index is 13.4. The number of carbonyl (C=O) groups is 2. The standard InChI is InChI=1S/C27H27N5O2/c1-30-15-17-31(18-16-30)23-12-10-21(11-13-23)29-25-24(20-7-3-2-4-8-20)26(33)32(27(25)34)19-22-9-5-6-14-28-22/h2-14,29H,15-19H2,1H3. The van der Waals surface area contributed by atoms with Crippen LogP contribution in [-0.2, 0) is 16.1 Å². The van der Waals surface area contributed by atoms with Crippen LogP contribution in [0.3, 0.4) is 0 Å². The first kappa shape index (κ1) is 21.9. The van der Waals surface area contributed by atoms with Crippen molar-refractivity contribution in [3.8, 4) is 0 Å². The fourth-order valence-electron chi connectivity index (χ4n) is 4.33. The topological polar surface area (TPSA) is 68.8 Å². The van der Waals surface area contributed by atoms with Crippen molar-refractivity contribution < 1.29 is 9.59 Å². The molecular formula is C27H27N5O2. The predicted molar refractivity (Wildman–Crippen MR) is 133 cm³/mol. The van der Waals surface area contributed by atoms with Crippen molar-refractivity contribution in [2.75, 3.05) is 43.4 Å². The highest BCUT2D eigenvalue weighted by Crippen LogP contribution is 2.31. The second-order valence-electron chi connectivity index (χ2n) is 8.60. The van der Waals surface area contributed by atoms with Gasteiger partial charge >= 0.3 is 0 Å². The normalized spacial score (nSPS) is 17.0. The number of likely N-dealkylation sites (N-methyl/N-ethyl adjacent to an activating group) is 1. The van der Waals surface area contributed by atoms with Gasteiger partial charge in [-0.1, -0.05) is 36.4 Å². The number of rotatable bonds is 6. The summed E-state index contributed by atoms with van der Waals surface area (Å²) in [4.78, 5) is 37.0. The summed E-state index contributed by atoms with van der Waals surface area (Å²) in [5, 5.41) is 3.24. The molecule has 2 amide bonds. The number of pyridine rings is 1. The molecule has 7 nitrogen and oxygen atoms in total. The third kappa shape index (κ3) is 4.43. The SMILES string of the molecule is CN1CCN(c2ccc(NC3=C(c4ccccc4)C(=O)N(Cc4ccccn4)C3=O)cc2)CC1. The van der Waals surface area contributed by atoms with Gasteiger partial charge in [0.1, 0.15) is 5.70 Å². The molecule has 2 aromatic carbocycles. The van der Waals surface area contributed by atoms with Gasteiger partial charge in [-0.2, -0.15) is 0 Å². The third-order valence-electron chi connectivity index (χ3n) is 6.28. The van der Waals surface area contributed by atoms with Gasteiger partial charge in [0.2, 0.25) is 0 Å². The van der Waals surface area contributed by atoms with E-state index >= 15 is 0 Å². The van der Waals surface area contributed by atoms with Crippen LogP contribution in [0.2, 0.25) is 0 Å². The average Bonchev–Trinajstić information content (AvgIpc) is 3.10. The first-order valence-corrected chi connectivity index (χ1v) is 11.5. The fraction of sp³-hybridized carbons (Fsp3) is 0.222. The molecule has 0 unspecified atom stereocenters. The minimum atomic E-state index is -0.349. The summed E-state index contributed by atoms with van der Waals surface area (Å²) in [6, 6.07) is 22.8. The van der Waals surface area contributed by atoms with Gasteiger partial charge in [-0.15, -0.1) is 0 Å². The zero-order chi connectivity index (χ0) is 23.5. The maximum Gasteiger partial charge on any atom is 0.278 e. The Labute approximate surface area is 199 Å². The number of nitrogens with zero attached hydrogens (tertiary/aromatic N) is 4. The largest absolute Gasteiger partial charge is 0.369 e. The molecule has 34 heavy (non-hydrogen) atoms. The number of nitrogens with one attached hydrogen (secondary N) is 1. The molecule has 0 bridgehead atoms. The Morgan fingerprint density at radius 2 is 1.53 bits per heavy atom. The lowest BCUT2D eigenvalue weighted by atomic mass is 10.0. The van der Waals surface area contributed by atoms with E-state index in [1.807, 2.05) is 60.7 Å². The minimum Gasteiger partial charge on any atom is -0.369 e. The van der Waals surface area contributed by atoms with Gasteiger partial charge in [-0.25, -0.2) is 0 Å². The summed E-state index contributed by atoms with van der Waals surface area (Å²) in [5.41, 5.74) is 3.96. The highest BCUT2D eigenvalue weighted by molar-refractivity contribution is 6.36. The molecule has 1 fully saturated rings. The van der Waals surface area contributed by atoms with E-state index in [9.17, 15) is 9.59 Å². The summed E-state index contributed by atoms with van der Waals surface area (Å²) in [6.45, 7) is 4.18. The van der Waals surface area contributed by atoms with Crippen molar-refractivity contribution in [1.29, 1.82) is 0 Å². The van der Waals surface area contributed by atoms with E-state index in [1.165, 1.54) is 4.90 Å². The van der Waals surface area contributed by atoms with E-state index in [1.54, 1.807) is 6.20 Å². The number of imide groups is 1. The first-order chi connectivity index (χ1) is 16.6. The van der Waals surface area contributed by atoms with E-state index in [0.717, 1.165) is 37.6 Å². The monoisotopic (exact) mass is 453 g/mol. The van der Waals surface area contributed by atoms with Gasteiger partial charge in [-0.3, -0.25) is 19.5 Å². The number of anilines is 2. The molecule has 0 spiro atoms. The molecule has 1 N–H and O–H groups in total. The van der Waals surface area contributed by atoms with E-state index in [4.69, 9.17) is 0 Å². The molecule has 7 heteroatoms. The Kier molecular flexibility index (Phi) is 6.10. The van der Waals surface area contributed by atoms with Crippen LogP contribution in [0.1, 0.15) is 11.3 Å². The second kappa shape index (κ2) is 9.49. The molecule has 3 aromatic rings. The van der Waals surface area contributed by atoms with Gasteiger partial charge in [0.05, 0.1) is 17.8 Å². The van der Waals surface area contributed by atoms with E-state index in [-0.39, 0.29) is 18.4 Å². The van der Waals surface area contributed by atoms with Crippen molar-refractivity contribution >= 4 is 28.8 Å².